The summed E-state index contributed by atoms with van der Waals surface area (Å²) in [5, 5.41) is 0. The molecular formula is C19H22N2O5S. The van der Waals surface area contributed by atoms with Crippen molar-refractivity contribution in [2.24, 2.45) is 0 Å². The number of ether oxygens (including phenoxy) is 1. The van der Waals surface area contributed by atoms with Gasteiger partial charge in [0.05, 0.1) is 24.1 Å². The smallest absolute Gasteiger partial charge is 0.337 e. The molecule has 0 aliphatic rings. The van der Waals surface area contributed by atoms with Crippen molar-refractivity contribution in [3.8, 4) is 0 Å². The molecule has 27 heavy (non-hydrogen) atoms. The van der Waals surface area contributed by atoms with E-state index in [-0.39, 0.29) is 28.5 Å². The van der Waals surface area contributed by atoms with Crippen LogP contribution in [0, 0.1) is 0 Å². The molecule has 0 saturated carbocycles. The van der Waals surface area contributed by atoms with E-state index in [4.69, 9.17) is 4.74 Å². The first-order valence-electron chi connectivity index (χ1n) is 8.42. The molecule has 1 amide bonds. The molecule has 2 rings (SSSR count). The highest BCUT2D eigenvalue weighted by molar-refractivity contribution is 7.92. The van der Waals surface area contributed by atoms with Crippen LogP contribution in [0.1, 0.15) is 34.6 Å². The molecule has 0 spiro atoms. The molecule has 8 heteroatoms. The Balaban J connectivity index is 2.50. The lowest BCUT2D eigenvalue weighted by molar-refractivity contribution is 0.0600. The van der Waals surface area contributed by atoms with E-state index in [0.29, 0.717) is 12.2 Å². The molecule has 0 aromatic heterocycles. The molecular weight excluding hydrogens is 368 g/mol. The Bertz CT molecular complexity index is 926. The predicted octanol–water partition coefficient (Wildman–Crippen LogP) is 2.90. The molecule has 0 saturated heterocycles. The quantitative estimate of drug-likeness (QED) is 0.734. The van der Waals surface area contributed by atoms with Gasteiger partial charge in [-0.25, -0.2) is 13.2 Å². The summed E-state index contributed by atoms with van der Waals surface area (Å²) >= 11 is 0. The predicted molar refractivity (Wildman–Crippen MR) is 105 cm³/mol. The van der Waals surface area contributed by atoms with Crippen LogP contribution in [0.2, 0.25) is 0 Å². The van der Waals surface area contributed by atoms with Crippen molar-refractivity contribution < 1.29 is 22.7 Å². The number of methoxy groups -OCH3 is 1. The van der Waals surface area contributed by atoms with Crippen molar-refractivity contribution in [2.75, 3.05) is 29.0 Å². The van der Waals surface area contributed by atoms with E-state index in [9.17, 15) is 18.0 Å². The fourth-order valence-electron chi connectivity index (χ4n) is 2.50. The summed E-state index contributed by atoms with van der Waals surface area (Å²) in [6.45, 7) is 3.73. The first-order valence-corrected chi connectivity index (χ1v) is 10.1. The Morgan fingerprint density at radius 3 is 2.22 bits per heavy atom. The van der Waals surface area contributed by atoms with E-state index in [2.05, 4.69) is 4.72 Å². The Kier molecular flexibility index (Phi) is 6.57. The average molecular weight is 390 g/mol. The summed E-state index contributed by atoms with van der Waals surface area (Å²) in [6, 6.07) is 13.2. The van der Waals surface area contributed by atoms with Gasteiger partial charge in [-0.2, -0.15) is 0 Å². The molecule has 2 aromatic carbocycles. The molecule has 0 aliphatic carbocycles. The van der Waals surface area contributed by atoms with Gasteiger partial charge in [-0.3, -0.25) is 9.52 Å². The van der Waals surface area contributed by atoms with Gasteiger partial charge in [0.1, 0.15) is 0 Å². The molecule has 144 valence electrons. The normalized spacial score (nSPS) is 10.9. The minimum Gasteiger partial charge on any atom is -0.465 e. The van der Waals surface area contributed by atoms with Gasteiger partial charge < -0.3 is 9.64 Å². The monoisotopic (exact) mass is 390 g/mol. The van der Waals surface area contributed by atoms with Crippen LogP contribution in [0.15, 0.2) is 48.5 Å². The lowest BCUT2D eigenvalue weighted by Crippen LogP contribution is -2.31. The first-order chi connectivity index (χ1) is 12.8. The number of nitrogens with one attached hydrogen (secondary N) is 1. The maximum Gasteiger partial charge on any atom is 0.337 e. The van der Waals surface area contributed by atoms with Gasteiger partial charge in [0, 0.05) is 17.8 Å². The number of rotatable bonds is 7. The fourth-order valence-corrected chi connectivity index (χ4v) is 3.13. The lowest BCUT2D eigenvalue weighted by atomic mass is 10.1. The molecule has 0 unspecified atom stereocenters. The van der Waals surface area contributed by atoms with Gasteiger partial charge in [0.15, 0.2) is 0 Å². The van der Waals surface area contributed by atoms with Gasteiger partial charge in [0.2, 0.25) is 10.0 Å². The highest BCUT2D eigenvalue weighted by Gasteiger charge is 2.20. The molecule has 7 nitrogen and oxygen atoms in total. The second-order valence-corrected chi connectivity index (χ2v) is 7.69. The number of hydrogen-bond donors (Lipinski definition) is 1. The zero-order chi connectivity index (χ0) is 20.0. The van der Waals surface area contributed by atoms with E-state index in [1.165, 1.54) is 37.1 Å². The van der Waals surface area contributed by atoms with Gasteiger partial charge in [0.25, 0.3) is 5.91 Å². The van der Waals surface area contributed by atoms with Gasteiger partial charge in [-0.1, -0.05) is 18.2 Å². The molecule has 2 aromatic rings. The maximum absolute atomic E-state index is 13.0. The minimum absolute atomic E-state index is 0.0845. The molecule has 0 radical (unpaired) electrons. The van der Waals surface area contributed by atoms with Crippen LogP contribution in [-0.4, -0.2) is 39.7 Å². The third-order valence-corrected chi connectivity index (χ3v) is 5.19. The van der Waals surface area contributed by atoms with E-state index in [1.807, 2.05) is 25.1 Å². The van der Waals surface area contributed by atoms with E-state index < -0.39 is 16.0 Å². The maximum atomic E-state index is 13.0. The average Bonchev–Trinajstić information content (AvgIpc) is 2.68. The highest BCUT2D eigenvalue weighted by Crippen LogP contribution is 2.22. The lowest BCUT2D eigenvalue weighted by Gasteiger charge is -2.22. The van der Waals surface area contributed by atoms with Crippen molar-refractivity contribution in [3.05, 3.63) is 59.7 Å². The van der Waals surface area contributed by atoms with Crippen molar-refractivity contribution in [3.63, 3.8) is 0 Å². The van der Waals surface area contributed by atoms with Crippen molar-refractivity contribution in [1.82, 2.24) is 0 Å². The van der Waals surface area contributed by atoms with E-state index in [1.54, 1.807) is 12.1 Å². The molecule has 0 heterocycles. The van der Waals surface area contributed by atoms with E-state index in [0.717, 1.165) is 0 Å². The zero-order valence-corrected chi connectivity index (χ0v) is 16.2. The molecule has 0 fully saturated rings. The standard InChI is InChI=1S/C19H22N2O5S/c1-4-21(17-9-7-6-8-10-17)18(22)14-11-15(19(23)26-3)13-16(12-14)20-27(24,25)5-2/h6-13,20H,4-5H2,1-3H3. The Morgan fingerprint density at radius 2 is 1.67 bits per heavy atom. The Hall–Kier alpha value is -2.87. The number of amides is 1. The highest BCUT2D eigenvalue weighted by atomic mass is 32.2. The molecule has 0 aliphatic heterocycles. The Morgan fingerprint density at radius 1 is 1.04 bits per heavy atom. The molecule has 0 atom stereocenters. The van der Waals surface area contributed by atoms with Crippen molar-refractivity contribution >= 4 is 33.3 Å². The van der Waals surface area contributed by atoms with Crippen molar-refractivity contribution in [1.29, 1.82) is 0 Å². The van der Waals surface area contributed by atoms with E-state index >= 15 is 0 Å². The van der Waals surface area contributed by atoms with Crippen LogP contribution in [-0.2, 0) is 14.8 Å². The Labute approximate surface area is 159 Å². The number of nitrogens with zero attached hydrogens (tertiary/aromatic N) is 1. The number of anilines is 2. The van der Waals surface area contributed by atoms with Crippen LogP contribution in [0.5, 0.6) is 0 Å². The van der Waals surface area contributed by atoms with Gasteiger partial charge >= 0.3 is 5.97 Å². The number of hydrogen-bond acceptors (Lipinski definition) is 5. The van der Waals surface area contributed by atoms with Crippen LogP contribution in [0.4, 0.5) is 11.4 Å². The number of carbonyl (C=O) groups excluding carboxylic acids is 2. The van der Waals surface area contributed by atoms with Crippen LogP contribution in [0.25, 0.3) is 0 Å². The number of sulfonamides is 1. The summed E-state index contributed by atoms with van der Waals surface area (Å²) < 4.78 is 30.9. The van der Waals surface area contributed by atoms with Gasteiger partial charge in [-0.05, 0) is 44.2 Å². The largest absolute Gasteiger partial charge is 0.465 e. The number of para-hydroxylation sites is 1. The fraction of sp³-hybridized carbons (Fsp3) is 0.263. The molecule has 1 N–H and O–H groups in total. The third kappa shape index (κ3) is 5.07. The second kappa shape index (κ2) is 8.68. The summed E-state index contributed by atoms with van der Waals surface area (Å²) in [6.07, 6.45) is 0. The minimum atomic E-state index is -3.57. The topological polar surface area (TPSA) is 92.8 Å². The summed E-state index contributed by atoms with van der Waals surface area (Å²) in [5.74, 6) is -1.15. The number of esters is 1. The molecule has 0 bridgehead atoms. The SMILES string of the molecule is CCN(C(=O)c1cc(NS(=O)(=O)CC)cc(C(=O)OC)c1)c1ccccc1. The van der Waals surface area contributed by atoms with Crippen LogP contribution < -0.4 is 9.62 Å². The second-order valence-electron chi connectivity index (χ2n) is 5.68. The number of carbonyl (C=O) groups is 2. The third-order valence-electron chi connectivity index (χ3n) is 3.88. The summed E-state index contributed by atoms with van der Waals surface area (Å²) in [7, 11) is -2.35. The zero-order valence-electron chi connectivity index (χ0n) is 15.4. The summed E-state index contributed by atoms with van der Waals surface area (Å²) in [5.41, 5.74) is 1.09. The van der Waals surface area contributed by atoms with Crippen molar-refractivity contribution in [2.45, 2.75) is 13.8 Å². The van der Waals surface area contributed by atoms with Crippen LogP contribution in [0.3, 0.4) is 0 Å². The van der Waals surface area contributed by atoms with Crippen LogP contribution >= 0.6 is 0 Å². The number of benzene rings is 2. The van der Waals surface area contributed by atoms with Gasteiger partial charge in [-0.15, -0.1) is 0 Å². The first kappa shape index (κ1) is 20.4. The summed E-state index contributed by atoms with van der Waals surface area (Å²) in [4.78, 5) is 26.5.